The van der Waals surface area contributed by atoms with E-state index in [1.54, 1.807) is 14.2 Å². The second-order valence-corrected chi connectivity index (χ2v) is 10.2. The van der Waals surface area contributed by atoms with Crippen molar-refractivity contribution in [3.63, 3.8) is 0 Å². The van der Waals surface area contributed by atoms with E-state index in [0.717, 1.165) is 50.5 Å². The number of carbonyl (C=O) groups excluding carboxylic acids is 1. The summed E-state index contributed by atoms with van der Waals surface area (Å²) in [6.07, 6.45) is 6.25. The summed E-state index contributed by atoms with van der Waals surface area (Å²) in [6, 6.07) is 4.60. The highest BCUT2D eigenvalue weighted by atomic mass is 35.5. The molecule has 2 unspecified atom stereocenters. The molecule has 2 aliphatic rings. The molecule has 5 nitrogen and oxygen atoms in total. The highest BCUT2D eigenvalue weighted by molar-refractivity contribution is 8.17. The molecule has 1 amide bonds. The third kappa shape index (κ3) is 4.41. The molecule has 1 fully saturated rings. The van der Waals surface area contributed by atoms with Gasteiger partial charge >= 0.3 is 0 Å². The minimum absolute atomic E-state index is 0. The Morgan fingerprint density at radius 3 is 2.30 bits per heavy atom. The summed E-state index contributed by atoms with van der Waals surface area (Å²) in [5.74, 6) is 1.89. The predicted molar refractivity (Wildman–Crippen MR) is 131 cm³/mol. The molecular formula is C22H35ClN2O3S2. The number of thioether (sulfide) groups is 2. The average Bonchev–Trinajstić information content (AvgIpc) is 2.77. The fourth-order valence-electron chi connectivity index (χ4n) is 4.88. The number of halogens is 1. The second-order valence-electron chi connectivity index (χ2n) is 7.65. The molecule has 0 aromatic heterocycles. The van der Waals surface area contributed by atoms with Gasteiger partial charge in [0.2, 0.25) is 5.91 Å². The van der Waals surface area contributed by atoms with Crippen molar-refractivity contribution in [2.45, 2.75) is 36.8 Å². The van der Waals surface area contributed by atoms with Crippen LogP contribution < -0.4 is 9.47 Å². The van der Waals surface area contributed by atoms with E-state index in [2.05, 4.69) is 43.4 Å². The van der Waals surface area contributed by atoms with Gasteiger partial charge in [-0.15, -0.1) is 35.9 Å². The van der Waals surface area contributed by atoms with Crippen molar-refractivity contribution in [2.24, 2.45) is 5.92 Å². The quantitative estimate of drug-likeness (QED) is 0.548. The molecule has 0 bridgehead atoms. The maximum absolute atomic E-state index is 13.4. The van der Waals surface area contributed by atoms with Crippen LogP contribution in [0.4, 0.5) is 0 Å². The Morgan fingerprint density at radius 1 is 1.17 bits per heavy atom. The lowest BCUT2D eigenvalue weighted by Crippen LogP contribution is -2.57. The number of nitrogens with zero attached hydrogens (tertiary/aromatic N) is 2. The first-order chi connectivity index (χ1) is 14.0. The maximum atomic E-state index is 13.4. The van der Waals surface area contributed by atoms with Crippen molar-refractivity contribution in [3.05, 3.63) is 23.3 Å². The van der Waals surface area contributed by atoms with E-state index in [4.69, 9.17) is 9.47 Å². The summed E-state index contributed by atoms with van der Waals surface area (Å²) in [5, 5.41) is 0. The Hall–Kier alpha value is -0.760. The highest BCUT2D eigenvalue weighted by Crippen LogP contribution is 2.54. The molecule has 3 rings (SSSR count). The van der Waals surface area contributed by atoms with Gasteiger partial charge in [0.05, 0.1) is 24.2 Å². The van der Waals surface area contributed by atoms with Crippen LogP contribution in [0.3, 0.4) is 0 Å². The predicted octanol–water partition coefficient (Wildman–Crippen LogP) is 4.34. The zero-order valence-corrected chi connectivity index (χ0v) is 21.3. The summed E-state index contributed by atoms with van der Waals surface area (Å²) in [6.45, 7) is 7.48. The molecule has 2 aliphatic heterocycles. The largest absolute Gasteiger partial charge is 0.493 e. The van der Waals surface area contributed by atoms with E-state index in [1.807, 2.05) is 28.4 Å². The number of amides is 1. The normalized spacial score (nSPS) is 22.3. The van der Waals surface area contributed by atoms with Crippen LogP contribution in [0.25, 0.3) is 0 Å². The smallest absolute Gasteiger partial charge is 0.229 e. The van der Waals surface area contributed by atoms with E-state index in [9.17, 15) is 4.79 Å². The summed E-state index contributed by atoms with van der Waals surface area (Å²) in [4.78, 5) is 18.0. The molecule has 170 valence electrons. The van der Waals surface area contributed by atoms with Crippen molar-refractivity contribution in [2.75, 3.05) is 52.9 Å². The third-order valence-electron chi connectivity index (χ3n) is 6.60. The first kappa shape index (κ1) is 25.5. The minimum Gasteiger partial charge on any atom is -0.493 e. The van der Waals surface area contributed by atoms with Crippen LogP contribution in [0.2, 0.25) is 0 Å². The standard InChI is InChI=1S/C22H34N2O3S2.ClH/c1-7-23(8-2)21(25)17-14-24-10-9-15-11-19(26-3)20(27-4)12-16(15)18(24)13-22(17,28-5)29-6;/h11-12,17-18H,7-10,13-14H2,1-6H3;1H. The van der Waals surface area contributed by atoms with Gasteiger partial charge in [0.15, 0.2) is 11.5 Å². The number of rotatable bonds is 7. The molecule has 0 spiro atoms. The van der Waals surface area contributed by atoms with E-state index < -0.39 is 0 Å². The SMILES string of the molecule is CCN(CC)C(=O)C1CN2CCc3cc(OC)c(OC)cc3C2CC1(SC)SC.Cl. The Labute approximate surface area is 196 Å². The van der Waals surface area contributed by atoms with Crippen LogP contribution in [0.15, 0.2) is 12.1 Å². The Morgan fingerprint density at radius 2 is 1.77 bits per heavy atom. The van der Waals surface area contributed by atoms with Gasteiger partial charge in [-0.25, -0.2) is 0 Å². The number of fused-ring (bicyclic) bond motifs is 3. The van der Waals surface area contributed by atoms with Gasteiger partial charge < -0.3 is 14.4 Å². The topological polar surface area (TPSA) is 42.0 Å². The van der Waals surface area contributed by atoms with Crippen LogP contribution in [0.1, 0.15) is 37.4 Å². The minimum atomic E-state index is -0.122. The van der Waals surface area contributed by atoms with E-state index in [-0.39, 0.29) is 22.4 Å². The Balaban J connectivity index is 0.00000320. The number of hydrogen-bond acceptors (Lipinski definition) is 6. The van der Waals surface area contributed by atoms with Gasteiger partial charge in [0.1, 0.15) is 0 Å². The third-order valence-corrected chi connectivity index (χ3v) is 9.89. The fraction of sp³-hybridized carbons (Fsp3) is 0.682. The molecule has 30 heavy (non-hydrogen) atoms. The maximum Gasteiger partial charge on any atom is 0.229 e. The number of hydrogen-bond donors (Lipinski definition) is 0. The van der Waals surface area contributed by atoms with E-state index >= 15 is 0 Å². The van der Waals surface area contributed by atoms with Gasteiger partial charge in [0, 0.05) is 32.2 Å². The van der Waals surface area contributed by atoms with Crippen molar-refractivity contribution in [1.82, 2.24) is 9.80 Å². The zero-order valence-electron chi connectivity index (χ0n) is 18.9. The number of methoxy groups -OCH3 is 2. The van der Waals surface area contributed by atoms with Gasteiger partial charge in [-0.05, 0) is 62.5 Å². The molecule has 1 saturated heterocycles. The van der Waals surface area contributed by atoms with Crippen molar-refractivity contribution >= 4 is 41.8 Å². The molecule has 8 heteroatoms. The first-order valence-corrected chi connectivity index (χ1v) is 12.8. The van der Waals surface area contributed by atoms with Gasteiger partial charge in [-0.1, -0.05) is 0 Å². The van der Waals surface area contributed by atoms with Crippen LogP contribution in [0, 0.1) is 5.92 Å². The number of ether oxygens (including phenoxy) is 2. The monoisotopic (exact) mass is 474 g/mol. The molecule has 0 radical (unpaired) electrons. The lowest BCUT2D eigenvalue weighted by atomic mass is 9.82. The summed E-state index contributed by atoms with van der Waals surface area (Å²) >= 11 is 3.70. The Bertz CT molecular complexity index is 741. The van der Waals surface area contributed by atoms with Crippen molar-refractivity contribution < 1.29 is 14.3 Å². The van der Waals surface area contributed by atoms with Crippen molar-refractivity contribution in [3.8, 4) is 11.5 Å². The average molecular weight is 475 g/mol. The number of piperidine rings is 1. The molecule has 0 N–H and O–H groups in total. The van der Waals surface area contributed by atoms with Gasteiger partial charge in [0.25, 0.3) is 0 Å². The first-order valence-electron chi connectivity index (χ1n) is 10.4. The van der Waals surface area contributed by atoms with Crippen molar-refractivity contribution in [1.29, 1.82) is 0 Å². The summed E-state index contributed by atoms with van der Waals surface area (Å²) in [7, 11) is 3.38. The van der Waals surface area contributed by atoms with Crippen LogP contribution in [-0.4, -0.2) is 72.7 Å². The van der Waals surface area contributed by atoms with Gasteiger partial charge in [-0.2, -0.15) is 0 Å². The number of carbonyl (C=O) groups is 1. The lowest BCUT2D eigenvalue weighted by molar-refractivity contribution is -0.137. The molecule has 2 heterocycles. The lowest BCUT2D eigenvalue weighted by Gasteiger charge is -2.52. The summed E-state index contributed by atoms with van der Waals surface area (Å²) in [5.41, 5.74) is 2.67. The van der Waals surface area contributed by atoms with Crippen LogP contribution >= 0.6 is 35.9 Å². The molecule has 0 aliphatic carbocycles. The van der Waals surface area contributed by atoms with E-state index in [1.165, 1.54) is 11.1 Å². The molecule has 1 aromatic carbocycles. The van der Waals surface area contributed by atoms with Gasteiger partial charge in [-0.3, -0.25) is 9.69 Å². The Kier molecular flexibility index (Phi) is 9.10. The van der Waals surface area contributed by atoms with Crippen LogP contribution in [-0.2, 0) is 11.2 Å². The van der Waals surface area contributed by atoms with Crippen LogP contribution in [0.5, 0.6) is 11.5 Å². The fourth-order valence-corrected chi connectivity index (χ4v) is 7.11. The van der Waals surface area contributed by atoms with E-state index in [0.29, 0.717) is 11.9 Å². The molecule has 1 aromatic rings. The molecule has 2 atom stereocenters. The zero-order chi connectivity index (χ0) is 21.2. The number of benzene rings is 1. The summed E-state index contributed by atoms with van der Waals surface area (Å²) < 4.78 is 11.0. The molecule has 0 saturated carbocycles. The second kappa shape index (κ2) is 10.7. The highest BCUT2D eigenvalue weighted by Gasteiger charge is 2.51. The molecular weight excluding hydrogens is 440 g/mol.